The Kier molecular flexibility index (Phi) is 6.29. The van der Waals surface area contributed by atoms with Crippen LogP contribution in [0.25, 0.3) is 0 Å². The predicted molar refractivity (Wildman–Crippen MR) is 75.7 cm³/mol. The standard InChI is InChI=1S/C15H19NO4/c1-3-6-12(15(18)19)16-14(17)10-9-11-7-4-5-8-13(11)20-2/h3-5,7-8,12H,1,6,9-10H2,2H3,(H,16,17)(H,18,19). The van der Waals surface area contributed by atoms with Crippen molar-refractivity contribution in [2.45, 2.75) is 25.3 Å². The first-order valence-corrected chi connectivity index (χ1v) is 6.33. The molecule has 1 rings (SSSR count). The summed E-state index contributed by atoms with van der Waals surface area (Å²) in [5.41, 5.74) is 0.917. The van der Waals surface area contributed by atoms with Crippen LogP contribution in [0.3, 0.4) is 0 Å². The van der Waals surface area contributed by atoms with Crippen LogP contribution < -0.4 is 10.1 Å². The number of aryl methyl sites for hydroxylation is 1. The lowest BCUT2D eigenvalue weighted by Gasteiger charge is -2.13. The molecule has 20 heavy (non-hydrogen) atoms. The van der Waals surface area contributed by atoms with Gasteiger partial charge in [-0.3, -0.25) is 4.79 Å². The molecule has 5 heteroatoms. The molecular weight excluding hydrogens is 258 g/mol. The Morgan fingerprint density at radius 1 is 1.45 bits per heavy atom. The van der Waals surface area contributed by atoms with Crippen LogP contribution in [0.1, 0.15) is 18.4 Å². The lowest BCUT2D eigenvalue weighted by molar-refractivity contribution is -0.141. The number of hydrogen-bond donors (Lipinski definition) is 2. The summed E-state index contributed by atoms with van der Waals surface area (Å²) in [4.78, 5) is 22.7. The Hall–Kier alpha value is -2.30. The highest BCUT2D eigenvalue weighted by molar-refractivity contribution is 5.83. The number of benzene rings is 1. The molecule has 0 aliphatic heterocycles. The molecule has 0 spiro atoms. The third-order valence-electron chi connectivity index (χ3n) is 2.85. The second-order valence-corrected chi connectivity index (χ2v) is 4.29. The number of carbonyl (C=O) groups is 2. The van der Waals surface area contributed by atoms with Gasteiger partial charge >= 0.3 is 5.97 Å². The Morgan fingerprint density at radius 3 is 2.75 bits per heavy atom. The Labute approximate surface area is 118 Å². The van der Waals surface area contributed by atoms with Crippen LogP contribution in [0.5, 0.6) is 5.75 Å². The Balaban J connectivity index is 2.54. The van der Waals surface area contributed by atoms with Gasteiger partial charge in [0, 0.05) is 6.42 Å². The minimum atomic E-state index is -1.06. The number of hydrogen-bond acceptors (Lipinski definition) is 3. The van der Waals surface area contributed by atoms with Crippen LogP contribution in [-0.2, 0) is 16.0 Å². The van der Waals surface area contributed by atoms with Crippen LogP contribution >= 0.6 is 0 Å². The molecule has 0 saturated heterocycles. The number of methoxy groups -OCH3 is 1. The summed E-state index contributed by atoms with van der Waals surface area (Å²) in [5, 5.41) is 11.4. The largest absolute Gasteiger partial charge is 0.496 e. The van der Waals surface area contributed by atoms with Crippen molar-refractivity contribution in [3.63, 3.8) is 0 Å². The third kappa shape index (κ3) is 4.76. The van der Waals surface area contributed by atoms with Gasteiger partial charge in [0.25, 0.3) is 0 Å². The minimum Gasteiger partial charge on any atom is -0.496 e. The van der Waals surface area contributed by atoms with Gasteiger partial charge in [0.1, 0.15) is 11.8 Å². The second kappa shape index (κ2) is 7.99. The maximum absolute atomic E-state index is 11.8. The fourth-order valence-corrected chi connectivity index (χ4v) is 1.81. The summed E-state index contributed by atoms with van der Waals surface area (Å²) in [6.45, 7) is 3.48. The fraction of sp³-hybridized carbons (Fsp3) is 0.333. The van der Waals surface area contributed by atoms with E-state index in [1.54, 1.807) is 7.11 Å². The van der Waals surface area contributed by atoms with Crippen LogP contribution in [-0.4, -0.2) is 30.1 Å². The molecule has 0 saturated carbocycles. The van der Waals surface area contributed by atoms with Crippen LogP contribution in [0.15, 0.2) is 36.9 Å². The van der Waals surface area contributed by atoms with Gasteiger partial charge < -0.3 is 15.2 Å². The van der Waals surface area contributed by atoms with Crippen molar-refractivity contribution < 1.29 is 19.4 Å². The summed E-state index contributed by atoms with van der Waals surface area (Å²) >= 11 is 0. The zero-order valence-electron chi connectivity index (χ0n) is 11.5. The van der Waals surface area contributed by atoms with Crippen molar-refractivity contribution in [1.29, 1.82) is 0 Å². The summed E-state index contributed by atoms with van der Waals surface area (Å²) in [6, 6.07) is 6.51. The first-order chi connectivity index (χ1) is 9.58. The number of carboxylic acids is 1. The molecule has 0 aromatic heterocycles. The molecule has 1 unspecified atom stereocenters. The topological polar surface area (TPSA) is 75.6 Å². The zero-order chi connectivity index (χ0) is 15.0. The molecule has 108 valence electrons. The monoisotopic (exact) mass is 277 g/mol. The number of amides is 1. The van der Waals surface area contributed by atoms with Crippen LogP contribution in [0.2, 0.25) is 0 Å². The number of carbonyl (C=O) groups excluding carboxylic acids is 1. The highest BCUT2D eigenvalue weighted by Gasteiger charge is 2.18. The van der Waals surface area contributed by atoms with E-state index in [1.165, 1.54) is 6.08 Å². The Morgan fingerprint density at radius 2 is 2.15 bits per heavy atom. The predicted octanol–water partition coefficient (Wildman–Crippen LogP) is 1.77. The van der Waals surface area contributed by atoms with Gasteiger partial charge in [-0.2, -0.15) is 0 Å². The van der Waals surface area contributed by atoms with Crippen molar-refractivity contribution >= 4 is 11.9 Å². The number of carboxylic acid groups (broad SMARTS) is 1. The molecule has 0 aliphatic carbocycles. The van der Waals surface area contributed by atoms with E-state index in [0.717, 1.165) is 11.3 Å². The van der Waals surface area contributed by atoms with Crippen molar-refractivity contribution in [1.82, 2.24) is 5.32 Å². The first kappa shape index (κ1) is 15.8. The number of ether oxygens (including phenoxy) is 1. The van der Waals surface area contributed by atoms with Crippen molar-refractivity contribution in [3.8, 4) is 5.75 Å². The molecule has 1 aromatic carbocycles. The lowest BCUT2D eigenvalue weighted by Crippen LogP contribution is -2.40. The van der Waals surface area contributed by atoms with Gasteiger partial charge in [-0.15, -0.1) is 6.58 Å². The highest BCUT2D eigenvalue weighted by atomic mass is 16.5. The minimum absolute atomic E-state index is 0.204. The van der Waals surface area contributed by atoms with E-state index in [2.05, 4.69) is 11.9 Å². The number of nitrogens with one attached hydrogen (secondary N) is 1. The molecule has 0 fully saturated rings. The quantitative estimate of drug-likeness (QED) is 0.710. The summed E-state index contributed by atoms with van der Waals surface area (Å²) in [5.74, 6) is -0.637. The van der Waals surface area contributed by atoms with Crippen molar-refractivity contribution in [3.05, 3.63) is 42.5 Å². The third-order valence-corrected chi connectivity index (χ3v) is 2.85. The molecule has 0 radical (unpaired) electrons. The zero-order valence-corrected chi connectivity index (χ0v) is 11.5. The van der Waals surface area contributed by atoms with E-state index >= 15 is 0 Å². The normalized spacial score (nSPS) is 11.4. The highest BCUT2D eigenvalue weighted by Crippen LogP contribution is 2.18. The number of rotatable bonds is 8. The second-order valence-electron chi connectivity index (χ2n) is 4.29. The summed E-state index contributed by atoms with van der Waals surface area (Å²) in [6.07, 6.45) is 2.38. The van der Waals surface area contributed by atoms with Gasteiger partial charge in [-0.1, -0.05) is 24.3 Å². The van der Waals surface area contributed by atoms with Crippen LogP contribution in [0.4, 0.5) is 0 Å². The molecule has 1 amide bonds. The van der Waals surface area contributed by atoms with Gasteiger partial charge in [0.2, 0.25) is 5.91 Å². The number of aliphatic carboxylic acids is 1. The van der Waals surface area contributed by atoms with Gasteiger partial charge in [0.05, 0.1) is 7.11 Å². The van der Waals surface area contributed by atoms with Gasteiger partial charge in [0.15, 0.2) is 0 Å². The molecule has 1 aromatic rings. The molecule has 5 nitrogen and oxygen atoms in total. The van der Waals surface area contributed by atoms with Crippen molar-refractivity contribution in [2.75, 3.05) is 7.11 Å². The molecule has 1 atom stereocenters. The van der Waals surface area contributed by atoms with E-state index in [-0.39, 0.29) is 18.7 Å². The fourth-order valence-electron chi connectivity index (χ4n) is 1.81. The number of para-hydroxylation sites is 1. The lowest BCUT2D eigenvalue weighted by atomic mass is 10.1. The SMILES string of the molecule is C=CCC(NC(=O)CCc1ccccc1OC)C(=O)O. The van der Waals surface area contributed by atoms with E-state index < -0.39 is 12.0 Å². The molecule has 0 bridgehead atoms. The van der Waals surface area contributed by atoms with Gasteiger partial charge in [-0.05, 0) is 24.5 Å². The Bertz CT molecular complexity index is 485. The smallest absolute Gasteiger partial charge is 0.326 e. The average molecular weight is 277 g/mol. The molecule has 0 aliphatic rings. The van der Waals surface area contributed by atoms with E-state index in [9.17, 15) is 9.59 Å². The molecule has 2 N–H and O–H groups in total. The molecular formula is C15H19NO4. The summed E-state index contributed by atoms with van der Waals surface area (Å²) in [7, 11) is 1.57. The average Bonchev–Trinajstić information content (AvgIpc) is 2.44. The van der Waals surface area contributed by atoms with Crippen LogP contribution in [0, 0.1) is 0 Å². The molecule has 0 heterocycles. The van der Waals surface area contributed by atoms with Gasteiger partial charge in [-0.25, -0.2) is 4.79 Å². The maximum atomic E-state index is 11.8. The van der Waals surface area contributed by atoms with E-state index in [4.69, 9.17) is 9.84 Å². The van der Waals surface area contributed by atoms with E-state index in [1.807, 2.05) is 24.3 Å². The maximum Gasteiger partial charge on any atom is 0.326 e. The van der Waals surface area contributed by atoms with Crippen molar-refractivity contribution in [2.24, 2.45) is 0 Å². The van der Waals surface area contributed by atoms with E-state index in [0.29, 0.717) is 6.42 Å². The first-order valence-electron chi connectivity index (χ1n) is 6.33. The summed E-state index contributed by atoms with van der Waals surface area (Å²) < 4.78 is 5.20.